The maximum Gasteiger partial charge on any atom is 0.133 e. The van der Waals surface area contributed by atoms with Crippen molar-refractivity contribution in [3.05, 3.63) is 35.4 Å². The third kappa shape index (κ3) is 2.54. The van der Waals surface area contributed by atoms with E-state index in [-0.39, 0.29) is 17.4 Å². The van der Waals surface area contributed by atoms with Crippen molar-refractivity contribution in [1.82, 2.24) is 0 Å². The smallest absolute Gasteiger partial charge is 0.133 e. The van der Waals surface area contributed by atoms with Gasteiger partial charge in [0.2, 0.25) is 0 Å². The summed E-state index contributed by atoms with van der Waals surface area (Å²) < 4.78 is 6.34. The Morgan fingerprint density at radius 3 is 2.83 bits per heavy atom. The Morgan fingerprint density at radius 1 is 1.25 bits per heavy atom. The van der Waals surface area contributed by atoms with Gasteiger partial charge in [-0.15, -0.1) is 0 Å². The molecule has 0 spiro atoms. The van der Waals surface area contributed by atoms with E-state index in [1.807, 2.05) is 6.07 Å². The van der Waals surface area contributed by atoms with Crippen molar-refractivity contribution in [1.29, 1.82) is 0 Å². The quantitative estimate of drug-likeness (QED) is 0.751. The van der Waals surface area contributed by atoms with E-state index in [9.17, 15) is 9.90 Å². The predicted molar refractivity (Wildman–Crippen MR) is 93.6 cm³/mol. The fourth-order valence-electron chi connectivity index (χ4n) is 4.90. The number of phenolic OH excluding ortho intramolecular Hbond substituents is 1. The lowest BCUT2D eigenvalue weighted by atomic mass is 9.66. The van der Waals surface area contributed by atoms with Crippen molar-refractivity contribution in [3.8, 4) is 11.5 Å². The number of carbonyl (C=O) groups is 1. The Kier molecular flexibility index (Phi) is 3.70. The third-order valence-corrected chi connectivity index (χ3v) is 6.13. The summed E-state index contributed by atoms with van der Waals surface area (Å²) >= 11 is 0. The average Bonchev–Trinajstić information content (AvgIpc) is 2.54. The molecule has 1 aliphatic heterocycles. The van der Waals surface area contributed by atoms with E-state index >= 15 is 0 Å². The molecule has 0 bridgehead atoms. The topological polar surface area (TPSA) is 46.5 Å². The van der Waals surface area contributed by atoms with E-state index in [2.05, 4.69) is 32.1 Å². The Balaban J connectivity index is 1.78. The fourth-order valence-corrected chi connectivity index (χ4v) is 4.90. The summed E-state index contributed by atoms with van der Waals surface area (Å²) in [6.07, 6.45) is 9.92. The number of rotatable bonds is 1. The predicted octanol–water partition coefficient (Wildman–Crippen LogP) is 4.84. The molecule has 128 valence electrons. The lowest BCUT2D eigenvalue weighted by Gasteiger charge is -2.47. The minimum absolute atomic E-state index is 0.0842. The first-order chi connectivity index (χ1) is 11.5. The molecule has 1 heterocycles. The molecule has 0 aromatic heterocycles. The van der Waals surface area contributed by atoms with Gasteiger partial charge in [-0.3, -0.25) is 4.79 Å². The van der Waals surface area contributed by atoms with Crippen LogP contribution in [-0.4, -0.2) is 16.5 Å². The van der Waals surface area contributed by atoms with Crippen molar-refractivity contribution in [2.24, 2.45) is 5.92 Å². The number of fused-ring (bicyclic) bond motifs is 3. The van der Waals surface area contributed by atoms with Crippen LogP contribution in [0, 0.1) is 5.92 Å². The molecule has 0 radical (unpaired) electrons. The highest BCUT2D eigenvalue weighted by Crippen LogP contribution is 2.54. The van der Waals surface area contributed by atoms with E-state index < -0.39 is 0 Å². The van der Waals surface area contributed by atoms with Gasteiger partial charge in [0.25, 0.3) is 0 Å². The van der Waals surface area contributed by atoms with Crippen LogP contribution in [-0.2, 0) is 4.79 Å². The van der Waals surface area contributed by atoms with E-state index in [4.69, 9.17) is 4.74 Å². The third-order valence-electron chi connectivity index (χ3n) is 6.13. The van der Waals surface area contributed by atoms with Gasteiger partial charge in [0.15, 0.2) is 0 Å². The minimum atomic E-state index is -0.300. The summed E-state index contributed by atoms with van der Waals surface area (Å²) in [5.74, 6) is 2.12. The Labute approximate surface area is 143 Å². The van der Waals surface area contributed by atoms with Crippen molar-refractivity contribution in [3.63, 3.8) is 0 Å². The largest absolute Gasteiger partial charge is 0.508 e. The standard InChI is InChI=1S/C21H26O3/c1-21(2)17-9-8-15(22)12-16(17)20-18(23)10-14(11-19(20)24-21)13-6-4-3-5-7-13/h4,6,10-11,13,16-17,23H,3,5,7-9,12H2,1-2H3. The highest BCUT2D eigenvalue weighted by atomic mass is 16.5. The zero-order valence-corrected chi connectivity index (χ0v) is 14.5. The highest BCUT2D eigenvalue weighted by molar-refractivity contribution is 5.81. The monoisotopic (exact) mass is 326 g/mol. The summed E-state index contributed by atoms with van der Waals surface area (Å²) in [5.41, 5.74) is 1.68. The van der Waals surface area contributed by atoms with Crippen LogP contribution in [0.25, 0.3) is 0 Å². The number of benzene rings is 1. The molecule has 1 N–H and O–H groups in total. The Bertz CT molecular complexity index is 701. The summed E-state index contributed by atoms with van der Waals surface area (Å²) in [7, 11) is 0. The fraction of sp³-hybridized carbons (Fsp3) is 0.571. The van der Waals surface area contributed by atoms with Crippen molar-refractivity contribution in [2.75, 3.05) is 0 Å². The zero-order valence-electron chi connectivity index (χ0n) is 14.5. The maximum atomic E-state index is 12.0. The van der Waals surface area contributed by atoms with Gasteiger partial charge >= 0.3 is 0 Å². The number of hydrogen-bond donors (Lipinski definition) is 1. The van der Waals surface area contributed by atoms with Gasteiger partial charge in [0, 0.05) is 36.2 Å². The number of carbonyl (C=O) groups excluding carboxylic acids is 1. The second kappa shape index (κ2) is 5.65. The Morgan fingerprint density at radius 2 is 2.08 bits per heavy atom. The molecule has 3 heteroatoms. The van der Waals surface area contributed by atoms with Crippen LogP contribution in [0.3, 0.4) is 0 Å². The molecule has 24 heavy (non-hydrogen) atoms. The van der Waals surface area contributed by atoms with Crippen LogP contribution in [0.2, 0.25) is 0 Å². The van der Waals surface area contributed by atoms with Crippen LogP contribution in [0.15, 0.2) is 24.3 Å². The minimum Gasteiger partial charge on any atom is -0.508 e. The first kappa shape index (κ1) is 15.7. The van der Waals surface area contributed by atoms with Crippen molar-refractivity contribution in [2.45, 2.75) is 69.8 Å². The first-order valence-electron chi connectivity index (χ1n) is 9.20. The van der Waals surface area contributed by atoms with E-state index in [1.165, 1.54) is 6.42 Å². The SMILES string of the molecule is CC1(C)Oc2cc(C3C=CCCC3)cc(O)c2C2CC(=O)CCC21. The summed E-state index contributed by atoms with van der Waals surface area (Å²) in [6, 6.07) is 4.00. The van der Waals surface area contributed by atoms with Gasteiger partial charge < -0.3 is 9.84 Å². The summed E-state index contributed by atoms with van der Waals surface area (Å²) in [6.45, 7) is 4.24. The van der Waals surface area contributed by atoms with E-state index in [1.54, 1.807) is 0 Å². The van der Waals surface area contributed by atoms with Crippen molar-refractivity contribution < 1.29 is 14.6 Å². The average molecular weight is 326 g/mol. The number of ether oxygens (including phenoxy) is 1. The molecule has 3 atom stereocenters. The Hall–Kier alpha value is -1.77. The number of ketones is 1. The molecular weight excluding hydrogens is 300 g/mol. The molecule has 1 aromatic rings. The molecule has 3 nitrogen and oxygen atoms in total. The molecule has 3 aliphatic rings. The lowest BCUT2D eigenvalue weighted by molar-refractivity contribution is -0.124. The number of hydrogen-bond acceptors (Lipinski definition) is 3. The first-order valence-corrected chi connectivity index (χ1v) is 9.20. The molecule has 4 rings (SSSR count). The van der Waals surface area contributed by atoms with Crippen LogP contribution >= 0.6 is 0 Å². The van der Waals surface area contributed by atoms with Crippen molar-refractivity contribution >= 4 is 5.78 Å². The van der Waals surface area contributed by atoms with Crippen LogP contribution in [0.1, 0.15) is 75.3 Å². The second-order valence-corrected chi connectivity index (χ2v) is 8.12. The maximum absolute atomic E-state index is 12.0. The van der Waals surface area contributed by atoms with Gasteiger partial charge in [-0.1, -0.05) is 12.2 Å². The molecular formula is C21H26O3. The molecule has 1 fully saturated rings. The van der Waals surface area contributed by atoms with Gasteiger partial charge in [-0.05, 0) is 57.2 Å². The molecule has 0 saturated heterocycles. The van der Waals surface area contributed by atoms with E-state index in [0.717, 1.165) is 36.1 Å². The molecule has 1 aromatic carbocycles. The number of phenols is 1. The molecule has 0 amide bonds. The van der Waals surface area contributed by atoms with Crippen LogP contribution in [0.4, 0.5) is 0 Å². The number of allylic oxidation sites excluding steroid dienone is 2. The van der Waals surface area contributed by atoms with E-state index in [0.29, 0.717) is 30.3 Å². The normalized spacial score (nSPS) is 31.1. The molecule has 3 unspecified atom stereocenters. The lowest BCUT2D eigenvalue weighted by Crippen LogP contribution is -2.47. The van der Waals surface area contributed by atoms with Gasteiger partial charge in [-0.25, -0.2) is 0 Å². The summed E-state index contributed by atoms with van der Waals surface area (Å²) in [4.78, 5) is 12.0. The highest BCUT2D eigenvalue weighted by Gasteiger charge is 2.47. The van der Waals surface area contributed by atoms with Gasteiger partial charge in [0.1, 0.15) is 22.9 Å². The molecule has 1 saturated carbocycles. The number of Topliss-reactive ketones (excluding diaryl/α,β-unsaturated/α-hetero) is 1. The van der Waals surface area contributed by atoms with Gasteiger partial charge in [-0.2, -0.15) is 0 Å². The van der Waals surface area contributed by atoms with Gasteiger partial charge in [0.05, 0.1) is 0 Å². The zero-order chi connectivity index (χ0) is 16.9. The molecule has 2 aliphatic carbocycles. The van der Waals surface area contributed by atoms with Crippen LogP contribution < -0.4 is 4.74 Å². The van der Waals surface area contributed by atoms with Crippen LogP contribution in [0.5, 0.6) is 11.5 Å². The number of aromatic hydroxyl groups is 1. The second-order valence-electron chi connectivity index (χ2n) is 8.12. The summed E-state index contributed by atoms with van der Waals surface area (Å²) in [5, 5.41) is 10.7.